The van der Waals surface area contributed by atoms with Gasteiger partial charge in [-0.1, -0.05) is 11.8 Å². The second-order valence-corrected chi connectivity index (χ2v) is 7.67. The minimum Gasteiger partial charge on any atom is -0.381 e. The third-order valence-electron chi connectivity index (χ3n) is 4.82. The molecule has 0 atom stereocenters. The molecule has 1 aromatic rings. The molecular weight excluding hydrogens is 324 g/mol. The van der Waals surface area contributed by atoms with E-state index in [1.54, 1.807) is 24.2 Å². The van der Waals surface area contributed by atoms with Gasteiger partial charge in [-0.05, 0) is 44.6 Å². The van der Waals surface area contributed by atoms with Crippen molar-refractivity contribution in [1.82, 2.24) is 15.3 Å². The van der Waals surface area contributed by atoms with Crippen molar-refractivity contribution in [3.63, 3.8) is 0 Å². The third-order valence-corrected chi connectivity index (χ3v) is 6.04. The number of hydrogen-bond donors (Lipinski definition) is 1. The van der Waals surface area contributed by atoms with Crippen molar-refractivity contribution in [1.29, 1.82) is 5.26 Å². The molecule has 3 rings (SSSR count). The van der Waals surface area contributed by atoms with Gasteiger partial charge >= 0.3 is 0 Å². The van der Waals surface area contributed by atoms with Gasteiger partial charge in [0, 0.05) is 36.9 Å². The van der Waals surface area contributed by atoms with Crippen LogP contribution in [0.5, 0.6) is 0 Å². The number of nitrogens with zero attached hydrogens (tertiary/aromatic N) is 3. The minimum absolute atomic E-state index is 0.115. The monoisotopic (exact) mass is 346 g/mol. The lowest BCUT2D eigenvalue weighted by Crippen LogP contribution is -2.48. The molecular formula is C17H22N4O2S. The Labute approximate surface area is 146 Å². The SMILES string of the molecule is N#CC1(C(=O)NC2CCC(Sc3ncccn3)CC2)CCOCC1. The Balaban J connectivity index is 1.48. The molecule has 1 amide bonds. The quantitative estimate of drug-likeness (QED) is 0.842. The van der Waals surface area contributed by atoms with Crippen LogP contribution in [0.3, 0.4) is 0 Å². The standard InChI is InChI=1S/C17H22N4O2S/c18-12-17(6-10-23-11-7-17)15(22)21-13-2-4-14(5-3-13)24-16-19-8-1-9-20-16/h1,8-9,13-14H,2-7,10-11H2,(H,21,22). The number of amides is 1. The highest BCUT2D eigenvalue weighted by molar-refractivity contribution is 7.99. The van der Waals surface area contributed by atoms with Crippen molar-refractivity contribution in [2.45, 2.75) is 55.0 Å². The number of carbonyl (C=O) groups excluding carboxylic acids is 1. The number of rotatable bonds is 4. The van der Waals surface area contributed by atoms with Gasteiger partial charge in [0.15, 0.2) is 5.16 Å². The highest BCUT2D eigenvalue weighted by atomic mass is 32.2. The van der Waals surface area contributed by atoms with Gasteiger partial charge in [0.2, 0.25) is 5.91 Å². The third kappa shape index (κ3) is 4.05. The maximum atomic E-state index is 12.6. The molecule has 7 heteroatoms. The van der Waals surface area contributed by atoms with Crippen LogP contribution in [0, 0.1) is 16.7 Å². The van der Waals surface area contributed by atoms with Crippen LogP contribution in [0.4, 0.5) is 0 Å². The van der Waals surface area contributed by atoms with Crippen molar-refractivity contribution in [2.24, 2.45) is 5.41 Å². The Hall–Kier alpha value is -1.65. The Morgan fingerprint density at radius 3 is 2.54 bits per heavy atom. The van der Waals surface area contributed by atoms with E-state index in [2.05, 4.69) is 21.4 Å². The fourth-order valence-corrected chi connectivity index (χ4v) is 4.30. The fraction of sp³-hybridized carbons (Fsp3) is 0.647. The summed E-state index contributed by atoms with van der Waals surface area (Å²) in [5.41, 5.74) is -0.901. The summed E-state index contributed by atoms with van der Waals surface area (Å²) in [6, 6.07) is 4.22. The molecule has 0 unspecified atom stereocenters. The van der Waals surface area contributed by atoms with Gasteiger partial charge in [0.05, 0.1) is 6.07 Å². The summed E-state index contributed by atoms with van der Waals surface area (Å²) < 4.78 is 5.29. The Morgan fingerprint density at radius 1 is 1.25 bits per heavy atom. The van der Waals surface area contributed by atoms with E-state index in [1.807, 2.05) is 6.07 Å². The molecule has 128 valence electrons. The van der Waals surface area contributed by atoms with E-state index in [0.29, 0.717) is 31.3 Å². The number of aromatic nitrogens is 2. The van der Waals surface area contributed by atoms with Crippen molar-refractivity contribution in [3.05, 3.63) is 18.5 Å². The topological polar surface area (TPSA) is 87.9 Å². The van der Waals surface area contributed by atoms with Crippen LogP contribution >= 0.6 is 11.8 Å². The number of nitriles is 1. The molecule has 2 heterocycles. The molecule has 2 aliphatic rings. The van der Waals surface area contributed by atoms with Gasteiger partial charge in [0.25, 0.3) is 0 Å². The highest BCUT2D eigenvalue weighted by Crippen LogP contribution is 2.34. The second kappa shape index (κ2) is 7.95. The number of hydrogen-bond acceptors (Lipinski definition) is 6. The Kier molecular flexibility index (Phi) is 5.69. The summed E-state index contributed by atoms with van der Waals surface area (Å²) in [6.07, 6.45) is 8.43. The predicted molar refractivity (Wildman–Crippen MR) is 90.2 cm³/mol. The Bertz CT molecular complexity index is 590. The van der Waals surface area contributed by atoms with Crippen LogP contribution in [0.1, 0.15) is 38.5 Å². The predicted octanol–water partition coefficient (Wildman–Crippen LogP) is 2.32. The molecule has 2 fully saturated rings. The maximum absolute atomic E-state index is 12.6. The largest absolute Gasteiger partial charge is 0.381 e. The fourth-order valence-electron chi connectivity index (χ4n) is 3.25. The number of carbonyl (C=O) groups is 1. The molecule has 1 saturated carbocycles. The van der Waals surface area contributed by atoms with Crippen LogP contribution < -0.4 is 5.32 Å². The number of nitrogens with one attached hydrogen (secondary N) is 1. The number of ether oxygens (including phenoxy) is 1. The van der Waals surface area contributed by atoms with Gasteiger partial charge in [-0.3, -0.25) is 4.79 Å². The zero-order chi connectivity index (χ0) is 16.8. The van der Waals surface area contributed by atoms with Crippen molar-refractivity contribution < 1.29 is 9.53 Å². The lowest BCUT2D eigenvalue weighted by molar-refractivity contribution is -0.133. The molecule has 0 aromatic carbocycles. The van der Waals surface area contributed by atoms with Crippen molar-refractivity contribution in [3.8, 4) is 6.07 Å². The van der Waals surface area contributed by atoms with E-state index in [4.69, 9.17) is 4.74 Å². The molecule has 0 radical (unpaired) electrons. The van der Waals surface area contributed by atoms with Crippen LogP contribution in [0.25, 0.3) is 0 Å². The summed E-state index contributed by atoms with van der Waals surface area (Å²) in [6.45, 7) is 0.975. The normalized spacial score (nSPS) is 26.3. The molecule has 0 spiro atoms. The molecule has 0 bridgehead atoms. The van der Waals surface area contributed by atoms with E-state index in [-0.39, 0.29) is 11.9 Å². The van der Waals surface area contributed by atoms with Gasteiger partial charge < -0.3 is 10.1 Å². The smallest absolute Gasteiger partial charge is 0.240 e. The molecule has 1 saturated heterocycles. The van der Waals surface area contributed by atoms with Crippen molar-refractivity contribution >= 4 is 17.7 Å². The van der Waals surface area contributed by atoms with Gasteiger partial charge in [0.1, 0.15) is 5.41 Å². The Morgan fingerprint density at radius 2 is 1.92 bits per heavy atom. The molecule has 24 heavy (non-hydrogen) atoms. The van der Waals surface area contributed by atoms with E-state index in [1.165, 1.54) is 0 Å². The van der Waals surface area contributed by atoms with Crippen LogP contribution in [0.15, 0.2) is 23.6 Å². The highest BCUT2D eigenvalue weighted by Gasteiger charge is 2.41. The maximum Gasteiger partial charge on any atom is 0.240 e. The van der Waals surface area contributed by atoms with Crippen LogP contribution in [-0.4, -0.2) is 40.4 Å². The van der Waals surface area contributed by atoms with Crippen molar-refractivity contribution in [2.75, 3.05) is 13.2 Å². The first-order valence-electron chi connectivity index (χ1n) is 8.45. The van der Waals surface area contributed by atoms with E-state index >= 15 is 0 Å². The minimum atomic E-state index is -0.901. The summed E-state index contributed by atoms with van der Waals surface area (Å²) in [5.74, 6) is -0.115. The lowest BCUT2D eigenvalue weighted by atomic mass is 9.80. The first-order valence-corrected chi connectivity index (χ1v) is 9.33. The van der Waals surface area contributed by atoms with E-state index < -0.39 is 5.41 Å². The summed E-state index contributed by atoms with van der Waals surface area (Å²) in [7, 11) is 0. The molecule has 1 aliphatic carbocycles. The van der Waals surface area contributed by atoms with Gasteiger partial charge in [-0.25, -0.2) is 9.97 Å². The van der Waals surface area contributed by atoms with Crippen LogP contribution in [0.2, 0.25) is 0 Å². The zero-order valence-corrected chi connectivity index (χ0v) is 14.4. The second-order valence-electron chi connectivity index (χ2n) is 6.40. The summed E-state index contributed by atoms with van der Waals surface area (Å²) >= 11 is 1.71. The first-order chi connectivity index (χ1) is 11.7. The average Bonchev–Trinajstić information content (AvgIpc) is 2.64. The summed E-state index contributed by atoms with van der Waals surface area (Å²) in [4.78, 5) is 21.1. The van der Waals surface area contributed by atoms with E-state index in [9.17, 15) is 10.1 Å². The van der Waals surface area contributed by atoms with Gasteiger partial charge in [-0.15, -0.1) is 0 Å². The van der Waals surface area contributed by atoms with Gasteiger partial charge in [-0.2, -0.15) is 5.26 Å². The molecule has 6 nitrogen and oxygen atoms in total. The van der Waals surface area contributed by atoms with E-state index in [0.717, 1.165) is 30.8 Å². The first kappa shape index (κ1) is 17.2. The number of thioether (sulfide) groups is 1. The summed E-state index contributed by atoms with van der Waals surface area (Å²) in [5, 5.41) is 13.9. The van der Waals surface area contributed by atoms with Crippen LogP contribution in [-0.2, 0) is 9.53 Å². The average molecular weight is 346 g/mol. The molecule has 1 aliphatic heterocycles. The molecule has 1 aromatic heterocycles. The lowest BCUT2D eigenvalue weighted by Gasteiger charge is -2.33. The molecule has 1 N–H and O–H groups in total. The zero-order valence-electron chi connectivity index (χ0n) is 13.6.